The predicted molar refractivity (Wildman–Crippen MR) is 81.5 cm³/mol. The molecule has 1 rings (SSSR count). The van der Waals surface area contributed by atoms with Crippen LogP contribution in [0.25, 0.3) is 0 Å². The van der Waals surface area contributed by atoms with E-state index in [-0.39, 0.29) is 37.4 Å². The monoisotopic (exact) mass is 319 g/mol. The number of nitrogens with zero attached hydrogens (tertiary/aromatic N) is 1. The van der Waals surface area contributed by atoms with Crippen LogP contribution in [0.4, 0.5) is 5.69 Å². The number of hydrogen-bond acceptors (Lipinski definition) is 7. The van der Waals surface area contributed by atoms with Gasteiger partial charge >= 0.3 is 7.60 Å². The van der Waals surface area contributed by atoms with Crippen molar-refractivity contribution < 1.29 is 18.3 Å². The van der Waals surface area contributed by atoms with Crippen molar-refractivity contribution in [2.45, 2.75) is 20.8 Å². The Morgan fingerprint density at radius 3 is 2.05 bits per heavy atom. The minimum atomic E-state index is -3.17. The minimum absolute atomic E-state index is 0.0765. The van der Waals surface area contributed by atoms with Crippen LogP contribution < -0.4 is 20.5 Å². The Morgan fingerprint density at radius 1 is 1.00 bits per heavy atom. The zero-order valence-corrected chi connectivity index (χ0v) is 13.8. The van der Waals surface area contributed by atoms with Crippen molar-refractivity contribution in [2.75, 3.05) is 44.5 Å². The van der Waals surface area contributed by atoms with Gasteiger partial charge in [-0.1, -0.05) is 0 Å². The van der Waals surface area contributed by atoms with Gasteiger partial charge in [0.15, 0.2) is 5.75 Å². The van der Waals surface area contributed by atoms with Crippen molar-refractivity contribution in [1.29, 1.82) is 0 Å². The van der Waals surface area contributed by atoms with Crippen LogP contribution in [0.3, 0.4) is 0 Å². The Bertz CT molecular complexity index is 567. The van der Waals surface area contributed by atoms with Gasteiger partial charge in [-0.2, -0.15) is 0 Å². The van der Waals surface area contributed by atoms with Gasteiger partial charge in [0.2, 0.25) is 0 Å². The molecule has 0 saturated carbocycles. The fourth-order valence-corrected chi connectivity index (χ4v) is 3.59. The van der Waals surface area contributed by atoms with E-state index in [4.69, 9.17) is 13.8 Å². The average Bonchev–Trinajstić information content (AvgIpc) is 2.45. The van der Waals surface area contributed by atoms with Crippen molar-refractivity contribution in [1.82, 2.24) is 0 Å². The summed E-state index contributed by atoms with van der Waals surface area (Å²) in [7, 11) is -1.53. The molecule has 0 unspecified atom stereocenters. The Labute approximate surface area is 124 Å². The molecule has 0 heterocycles. The molecule has 0 fully saturated rings. The summed E-state index contributed by atoms with van der Waals surface area (Å²) in [6.07, 6.45) is 0.134. The third-order valence-electron chi connectivity index (χ3n) is 2.87. The van der Waals surface area contributed by atoms with Gasteiger partial charge in [0.25, 0.3) is 10.9 Å². The molecule has 0 aliphatic rings. The maximum atomic E-state index is 12.3. The summed E-state index contributed by atoms with van der Waals surface area (Å²) in [5.41, 5.74) is -0.971. The maximum Gasteiger partial charge on any atom is 0.332 e. The van der Waals surface area contributed by atoms with Crippen LogP contribution in [0.1, 0.15) is 20.8 Å². The molecule has 0 aliphatic carbocycles. The lowest BCUT2D eigenvalue weighted by Crippen LogP contribution is -2.41. The highest BCUT2D eigenvalue weighted by atomic mass is 31.2. The highest BCUT2D eigenvalue weighted by Crippen LogP contribution is 2.47. The Hall–Kier alpha value is -1.17. The van der Waals surface area contributed by atoms with Crippen LogP contribution in [0.15, 0.2) is 9.59 Å². The van der Waals surface area contributed by atoms with Crippen LogP contribution in [0.5, 0.6) is 5.75 Å². The summed E-state index contributed by atoms with van der Waals surface area (Å²) in [5, 5.41) is 0. The van der Waals surface area contributed by atoms with E-state index >= 15 is 0 Å². The predicted octanol–water partition coefficient (Wildman–Crippen LogP) is 1.38. The lowest BCUT2D eigenvalue weighted by molar-refractivity contribution is 0.220. The number of anilines is 1. The first-order valence-electron chi connectivity index (χ1n) is 6.95. The highest BCUT2D eigenvalue weighted by Gasteiger charge is 2.29. The van der Waals surface area contributed by atoms with Gasteiger partial charge in [0.05, 0.1) is 26.0 Å². The van der Waals surface area contributed by atoms with Gasteiger partial charge in [-0.05, 0) is 20.8 Å². The Kier molecular flexibility index (Phi) is 6.58. The third kappa shape index (κ3) is 4.15. The summed E-state index contributed by atoms with van der Waals surface area (Å²) >= 11 is 0. The molecule has 1 aromatic carbocycles. The molecule has 0 N–H and O–H groups in total. The van der Waals surface area contributed by atoms with Gasteiger partial charge < -0.3 is 18.7 Å². The van der Waals surface area contributed by atoms with Gasteiger partial charge in [-0.3, -0.25) is 14.2 Å². The first kappa shape index (κ1) is 17.9. The molecule has 0 bridgehead atoms. The molecule has 0 spiro atoms. The van der Waals surface area contributed by atoms with Crippen molar-refractivity contribution in [2.24, 2.45) is 0 Å². The van der Waals surface area contributed by atoms with Crippen molar-refractivity contribution in [3.63, 3.8) is 0 Å². The Morgan fingerprint density at radius 2 is 1.57 bits per heavy atom. The van der Waals surface area contributed by atoms with Crippen molar-refractivity contribution in [3.8, 4) is 5.75 Å². The average molecular weight is 319 g/mol. The summed E-state index contributed by atoms with van der Waals surface area (Å²) in [6.45, 7) is 6.35. The van der Waals surface area contributed by atoms with E-state index in [1.807, 2.05) is 0 Å². The van der Waals surface area contributed by atoms with E-state index in [0.717, 1.165) is 0 Å². The molecule has 0 amide bonds. The van der Waals surface area contributed by atoms with Crippen LogP contribution in [-0.2, 0) is 13.6 Å². The lowest BCUT2D eigenvalue weighted by Gasteiger charge is -2.24. The second kappa shape index (κ2) is 7.73. The normalized spacial score (nSPS) is 11.8. The fourth-order valence-electron chi connectivity index (χ4n) is 1.93. The minimum Gasteiger partial charge on any atom is -0.488 e. The van der Waals surface area contributed by atoms with E-state index in [0.29, 0.717) is 6.61 Å². The molecule has 1 aromatic rings. The smallest absolute Gasteiger partial charge is 0.332 e. The van der Waals surface area contributed by atoms with Crippen LogP contribution in [0.2, 0.25) is 0 Å². The maximum absolute atomic E-state index is 12.3. The summed E-state index contributed by atoms with van der Waals surface area (Å²) in [5.74, 6) is 0.0765. The SMILES string of the molecule is CCOc1c(N(C)CCP(=O)(OCC)OCC)c(=O)c1=O. The number of hydrogen-bond donors (Lipinski definition) is 0. The van der Waals surface area contributed by atoms with Gasteiger partial charge in [0, 0.05) is 13.6 Å². The lowest BCUT2D eigenvalue weighted by atomic mass is 10.2. The van der Waals surface area contributed by atoms with Crippen molar-refractivity contribution in [3.05, 3.63) is 20.4 Å². The summed E-state index contributed by atoms with van der Waals surface area (Å²) < 4.78 is 27.8. The van der Waals surface area contributed by atoms with Gasteiger partial charge in [-0.15, -0.1) is 0 Å². The first-order chi connectivity index (χ1) is 9.90. The second-order valence-electron chi connectivity index (χ2n) is 4.36. The second-order valence-corrected chi connectivity index (χ2v) is 6.55. The van der Waals surface area contributed by atoms with Crippen molar-refractivity contribution >= 4 is 13.3 Å². The molecule has 0 saturated heterocycles. The number of ether oxygens (including phenoxy) is 1. The standard InChI is InChI=1S/C13H22NO6P/c1-5-18-13-10(11(15)12(13)16)14(4)8-9-21(17,19-6-2)20-7-3/h5-9H2,1-4H3. The zero-order chi connectivity index (χ0) is 16.0. The molecule has 0 radical (unpaired) electrons. The molecule has 0 aromatic heterocycles. The van der Waals surface area contributed by atoms with E-state index in [2.05, 4.69) is 0 Å². The third-order valence-corrected chi connectivity index (χ3v) is 4.92. The molecule has 8 heteroatoms. The molecule has 0 atom stereocenters. The zero-order valence-electron chi connectivity index (χ0n) is 12.9. The first-order valence-corrected chi connectivity index (χ1v) is 8.68. The topological polar surface area (TPSA) is 82.1 Å². The van der Waals surface area contributed by atoms with E-state index in [9.17, 15) is 14.2 Å². The molecular weight excluding hydrogens is 297 g/mol. The largest absolute Gasteiger partial charge is 0.488 e. The van der Waals surface area contributed by atoms with Gasteiger partial charge in [0.1, 0.15) is 5.69 Å². The van der Waals surface area contributed by atoms with Crippen LogP contribution in [0, 0.1) is 0 Å². The molecule has 21 heavy (non-hydrogen) atoms. The molecule has 0 aliphatic heterocycles. The number of rotatable bonds is 10. The van der Waals surface area contributed by atoms with E-state index in [1.165, 1.54) is 0 Å². The van der Waals surface area contributed by atoms with Crippen LogP contribution >= 0.6 is 7.60 Å². The van der Waals surface area contributed by atoms with Gasteiger partial charge in [-0.25, -0.2) is 0 Å². The Balaban J connectivity index is 2.76. The fraction of sp³-hybridized carbons (Fsp3) is 0.692. The quantitative estimate of drug-likeness (QED) is 0.476. The highest BCUT2D eigenvalue weighted by molar-refractivity contribution is 7.53. The molecule has 120 valence electrons. The van der Waals surface area contributed by atoms with E-state index < -0.39 is 18.5 Å². The van der Waals surface area contributed by atoms with Crippen LogP contribution in [-0.4, -0.2) is 39.6 Å². The summed E-state index contributed by atoms with van der Waals surface area (Å²) in [4.78, 5) is 24.6. The molecule has 7 nitrogen and oxygen atoms in total. The van der Waals surface area contributed by atoms with E-state index in [1.54, 1.807) is 32.7 Å². The summed E-state index contributed by atoms with van der Waals surface area (Å²) in [6, 6.07) is 0. The molecular formula is C13H22NO6P.